The number of hydrogen-bond donors (Lipinski definition) is 0. The monoisotopic (exact) mass is 536 g/mol. The molecule has 212 valence electrons. The quantitative estimate of drug-likeness (QED) is 0.230. The van der Waals surface area contributed by atoms with Crippen molar-refractivity contribution < 1.29 is 48.3 Å². The fourth-order valence-electron chi connectivity index (χ4n) is 4.41. The Kier molecular flexibility index (Phi) is 12.5. The molecule has 2 aromatic carbocycles. The number of rotatable bonds is 16. The molecule has 6 atom stereocenters. The molecule has 0 aliphatic carbocycles. The van der Waals surface area contributed by atoms with E-state index >= 15 is 0 Å². The molecule has 1 unspecified atom stereocenters. The lowest BCUT2D eigenvalue weighted by Gasteiger charge is -2.48. The first kappa shape index (κ1) is 30.6. The van der Waals surface area contributed by atoms with Crippen LogP contribution in [0.3, 0.4) is 0 Å². The average Bonchev–Trinajstić information content (AvgIpc) is 2.91. The van der Waals surface area contributed by atoms with E-state index in [-0.39, 0.29) is 6.61 Å². The van der Waals surface area contributed by atoms with Crippen molar-refractivity contribution in [3.63, 3.8) is 0 Å². The zero-order valence-corrected chi connectivity index (χ0v) is 22.9. The van der Waals surface area contributed by atoms with Crippen LogP contribution in [0.25, 0.3) is 0 Å². The van der Waals surface area contributed by atoms with Gasteiger partial charge in [0.1, 0.15) is 24.4 Å². The van der Waals surface area contributed by atoms with Gasteiger partial charge in [-0.25, -0.2) is 29.3 Å². The molecule has 3 rings (SSSR count). The van der Waals surface area contributed by atoms with Gasteiger partial charge in [-0.15, -0.1) is 0 Å². The molecule has 1 aliphatic heterocycles. The van der Waals surface area contributed by atoms with E-state index in [4.69, 9.17) is 48.3 Å². The Morgan fingerprint density at radius 1 is 0.763 bits per heavy atom. The van der Waals surface area contributed by atoms with Gasteiger partial charge in [0.05, 0.1) is 41.2 Å². The van der Waals surface area contributed by atoms with Crippen molar-refractivity contribution in [2.24, 2.45) is 0 Å². The van der Waals surface area contributed by atoms with Crippen LogP contribution in [0.4, 0.5) is 0 Å². The third-order valence-corrected chi connectivity index (χ3v) is 6.00. The number of benzene rings is 2. The van der Waals surface area contributed by atoms with Gasteiger partial charge >= 0.3 is 0 Å². The number of ether oxygens (including phenoxy) is 4. The van der Waals surface area contributed by atoms with Crippen molar-refractivity contribution >= 4 is 0 Å². The highest BCUT2D eigenvalue weighted by molar-refractivity contribution is 5.14. The maximum atomic E-state index is 6.45. The van der Waals surface area contributed by atoms with E-state index in [0.29, 0.717) is 13.2 Å². The molecule has 0 spiro atoms. The fourth-order valence-corrected chi connectivity index (χ4v) is 4.41. The molecule has 1 saturated heterocycles. The predicted molar refractivity (Wildman–Crippen MR) is 136 cm³/mol. The van der Waals surface area contributed by atoms with Crippen molar-refractivity contribution in [2.45, 2.75) is 76.4 Å². The second kappa shape index (κ2) is 15.6. The molecular formula is C28H40O10. The molecule has 1 fully saturated rings. The summed E-state index contributed by atoms with van der Waals surface area (Å²) >= 11 is 0. The van der Waals surface area contributed by atoms with Crippen LogP contribution in [-0.2, 0) is 61.5 Å². The fraction of sp³-hybridized carbons (Fsp3) is 0.571. The van der Waals surface area contributed by atoms with E-state index < -0.39 is 42.4 Å². The van der Waals surface area contributed by atoms with Crippen LogP contribution in [0.5, 0.6) is 0 Å². The van der Waals surface area contributed by atoms with Crippen molar-refractivity contribution in [3.8, 4) is 0 Å². The molecule has 0 radical (unpaired) electrons. The van der Waals surface area contributed by atoms with Crippen LogP contribution in [0.15, 0.2) is 60.7 Å². The largest absolute Gasteiger partial charge is 0.374 e. The predicted octanol–water partition coefficient (Wildman–Crippen LogP) is 4.17. The van der Waals surface area contributed by atoms with Crippen LogP contribution in [0, 0.1) is 0 Å². The zero-order valence-electron chi connectivity index (χ0n) is 22.9. The van der Waals surface area contributed by atoms with Gasteiger partial charge in [0.15, 0.2) is 18.0 Å². The molecule has 1 aliphatic rings. The Balaban J connectivity index is 1.89. The summed E-state index contributed by atoms with van der Waals surface area (Å²) in [5, 5.41) is 0. The minimum absolute atomic E-state index is 0.247. The Hall–Kier alpha value is -1.96. The number of hydrogen-bond acceptors (Lipinski definition) is 10. The topological polar surface area (TPSA) is 92.3 Å². The van der Waals surface area contributed by atoms with E-state index in [2.05, 4.69) is 0 Å². The van der Waals surface area contributed by atoms with E-state index in [1.807, 2.05) is 74.5 Å². The van der Waals surface area contributed by atoms with Crippen LogP contribution < -0.4 is 0 Å². The molecule has 10 heteroatoms. The Bertz CT molecular complexity index is 897. The lowest BCUT2D eigenvalue weighted by atomic mass is 9.94. The molecule has 1 heterocycles. The summed E-state index contributed by atoms with van der Waals surface area (Å²) < 4.78 is 25.3. The highest BCUT2D eigenvalue weighted by Gasteiger charge is 2.52. The summed E-state index contributed by atoms with van der Waals surface area (Å²) in [5.41, 5.74) is 2.04. The minimum atomic E-state index is -1.00. The van der Waals surface area contributed by atoms with Crippen LogP contribution >= 0.6 is 0 Å². The summed E-state index contributed by atoms with van der Waals surface area (Å²) in [6.07, 6.45) is -4.22. The third-order valence-electron chi connectivity index (χ3n) is 6.00. The van der Waals surface area contributed by atoms with Crippen molar-refractivity contribution in [1.82, 2.24) is 0 Å². The zero-order chi connectivity index (χ0) is 27.4. The van der Waals surface area contributed by atoms with Gasteiger partial charge in [0, 0.05) is 0 Å². The van der Waals surface area contributed by atoms with Gasteiger partial charge in [-0.1, -0.05) is 60.7 Å². The van der Waals surface area contributed by atoms with Crippen molar-refractivity contribution in [1.29, 1.82) is 0 Å². The molecule has 0 amide bonds. The van der Waals surface area contributed by atoms with E-state index in [1.165, 1.54) is 21.3 Å². The SMILES string of the molecule is COOC(C)[C@H](OOC)[C@H](OOC)[C@@H]1OC(C)(C)O[C@H](COCc2ccccc2)[C@H]1OCc1ccccc1. The Morgan fingerprint density at radius 3 is 1.92 bits per heavy atom. The summed E-state index contributed by atoms with van der Waals surface area (Å²) in [7, 11) is 4.21. The van der Waals surface area contributed by atoms with E-state index in [0.717, 1.165) is 11.1 Å². The average molecular weight is 537 g/mol. The summed E-state index contributed by atoms with van der Waals surface area (Å²) in [6, 6.07) is 19.8. The summed E-state index contributed by atoms with van der Waals surface area (Å²) in [5.74, 6) is -1.00. The van der Waals surface area contributed by atoms with Crippen molar-refractivity contribution in [3.05, 3.63) is 71.8 Å². The molecule has 0 N–H and O–H groups in total. The maximum absolute atomic E-state index is 6.45. The summed E-state index contributed by atoms with van der Waals surface area (Å²) in [6.45, 7) is 6.38. The smallest absolute Gasteiger partial charge is 0.164 e. The van der Waals surface area contributed by atoms with Crippen LogP contribution in [-0.4, -0.2) is 70.3 Å². The van der Waals surface area contributed by atoms with Crippen LogP contribution in [0.1, 0.15) is 31.9 Å². The molecule has 10 nitrogen and oxygen atoms in total. The van der Waals surface area contributed by atoms with E-state index in [1.54, 1.807) is 6.92 Å². The molecule has 2 aromatic rings. The first-order valence-corrected chi connectivity index (χ1v) is 12.6. The third kappa shape index (κ3) is 9.06. The van der Waals surface area contributed by atoms with Crippen LogP contribution in [0.2, 0.25) is 0 Å². The van der Waals surface area contributed by atoms with Crippen molar-refractivity contribution in [2.75, 3.05) is 27.9 Å². The van der Waals surface area contributed by atoms with Gasteiger partial charge < -0.3 is 18.9 Å². The van der Waals surface area contributed by atoms with Gasteiger partial charge in [-0.3, -0.25) is 0 Å². The lowest BCUT2D eigenvalue weighted by Crippen LogP contribution is -2.63. The highest BCUT2D eigenvalue weighted by atomic mass is 17.2. The first-order chi connectivity index (χ1) is 18.4. The highest BCUT2D eigenvalue weighted by Crippen LogP contribution is 2.35. The Labute approximate surface area is 224 Å². The molecule has 0 saturated carbocycles. The van der Waals surface area contributed by atoms with E-state index in [9.17, 15) is 0 Å². The van der Waals surface area contributed by atoms with Gasteiger partial charge in [0.25, 0.3) is 0 Å². The maximum Gasteiger partial charge on any atom is 0.164 e. The molecule has 0 aromatic heterocycles. The standard InChI is InChI=1S/C28H40O10/c1-20(36-29-4)24(37-30-5)27(38-31-6)26-25(33-18-22-15-11-8-12-16-22)23(34-28(2,3)35-26)19-32-17-21-13-9-7-10-14-21/h7-16,20,23-27H,17-19H2,1-6H3/t20?,23-,24+,25-,26-,27+/m1/s1. The molecular weight excluding hydrogens is 496 g/mol. The minimum Gasteiger partial charge on any atom is -0.374 e. The lowest BCUT2D eigenvalue weighted by molar-refractivity contribution is -0.442. The Morgan fingerprint density at radius 2 is 1.34 bits per heavy atom. The second-order valence-electron chi connectivity index (χ2n) is 9.32. The second-order valence-corrected chi connectivity index (χ2v) is 9.32. The summed E-state index contributed by atoms with van der Waals surface area (Å²) in [4.78, 5) is 31.7. The molecule has 38 heavy (non-hydrogen) atoms. The van der Waals surface area contributed by atoms with Gasteiger partial charge in [-0.05, 0) is 31.9 Å². The normalized spacial score (nSPS) is 23.6. The molecule has 0 bridgehead atoms. The first-order valence-electron chi connectivity index (χ1n) is 12.6. The van der Waals surface area contributed by atoms with Gasteiger partial charge in [0.2, 0.25) is 0 Å². The van der Waals surface area contributed by atoms with Gasteiger partial charge in [-0.2, -0.15) is 0 Å².